The summed E-state index contributed by atoms with van der Waals surface area (Å²) < 4.78 is 8.25. The van der Waals surface area contributed by atoms with Crippen molar-refractivity contribution in [3.63, 3.8) is 0 Å². The average Bonchev–Trinajstić information content (AvgIpc) is 3.45. The lowest BCUT2D eigenvalue weighted by molar-refractivity contribution is -0.122. The minimum absolute atomic E-state index is 0.0905. The molecular formula is C29H25N3O2S2. The number of hydrogen-bond acceptors (Lipinski definition) is 5. The summed E-state index contributed by atoms with van der Waals surface area (Å²) in [7, 11) is 0. The lowest BCUT2D eigenvalue weighted by Gasteiger charge is -2.14. The molecule has 1 saturated heterocycles. The molecule has 0 N–H and O–H groups in total. The molecule has 1 aliphatic rings. The highest BCUT2D eigenvalue weighted by Crippen LogP contribution is 2.36. The second-order valence-corrected chi connectivity index (χ2v) is 10.0. The maximum Gasteiger partial charge on any atom is 0.266 e. The molecule has 3 aromatic carbocycles. The van der Waals surface area contributed by atoms with Crippen LogP contribution in [0.1, 0.15) is 24.5 Å². The van der Waals surface area contributed by atoms with Crippen molar-refractivity contribution >= 4 is 40.3 Å². The number of rotatable bonds is 8. The van der Waals surface area contributed by atoms with Crippen molar-refractivity contribution in [1.82, 2.24) is 14.7 Å². The number of thiocarbonyl (C=S) groups is 1. The van der Waals surface area contributed by atoms with Gasteiger partial charge >= 0.3 is 0 Å². The smallest absolute Gasteiger partial charge is 0.266 e. The molecule has 5 rings (SSSR count). The van der Waals surface area contributed by atoms with Gasteiger partial charge in [0.2, 0.25) is 0 Å². The van der Waals surface area contributed by atoms with Crippen molar-refractivity contribution in [2.75, 3.05) is 6.61 Å². The Balaban J connectivity index is 1.52. The molecule has 0 atom stereocenters. The van der Waals surface area contributed by atoms with Gasteiger partial charge in [-0.25, -0.2) is 4.68 Å². The maximum absolute atomic E-state index is 13.3. The summed E-state index contributed by atoms with van der Waals surface area (Å²) >= 11 is 6.89. The van der Waals surface area contributed by atoms with Crippen molar-refractivity contribution in [2.45, 2.75) is 19.9 Å². The fourth-order valence-electron chi connectivity index (χ4n) is 3.93. The molecule has 4 aromatic rings. The van der Waals surface area contributed by atoms with E-state index in [0.717, 1.165) is 40.2 Å². The van der Waals surface area contributed by atoms with Crippen LogP contribution in [0.4, 0.5) is 0 Å². The molecule has 1 fully saturated rings. The molecule has 0 saturated carbocycles. The van der Waals surface area contributed by atoms with E-state index in [9.17, 15) is 4.79 Å². The highest BCUT2D eigenvalue weighted by atomic mass is 32.2. The van der Waals surface area contributed by atoms with Crippen LogP contribution in [0.2, 0.25) is 0 Å². The first kappa shape index (κ1) is 24.0. The van der Waals surface area contributed by atoms with Gasteiger partial charge in [0.15, 0.2) is 0 Å². The number of para-hydroxylation sites is 1. The van der Waals surface area contributed by atoms with Gasteiger partial charge in [-0.3, -0.25) is 9.69 Å². The highest BCUT2D eigenvalue weighted by molar-refractivity contribution is 8.26. The molecule has 1 aromatic heterocycles. The van der Waals surface area contributed by atoms with Gasteiger partial charge in [-0.05, 0) is 42.3 Å². The summed E-state index contributed by atoms with van der Waals surface area (Å²) in [5.41, 5.74) is 4.51. The molecule has 180 valence electrons. The number of carbonyl (C=O) groups is 1. The van der Waals surface area contributed by atoms with Crippen molar-refractivity contribution in [3.8, 4) is 22.7 Å². The summed E-state index contributed by atoms with van der Waals surface area (Å²) in [5, 5.41) is 4.89. The summed E-state index contributed by atoms with van der Waals surface area (Å²) in [6.07, 6.45) is 4.78. The number of nitrogens with zero attached hydrogens (tertiary/aromatic N) is 3. The second-order valence-electron chi connectivity index (χ2n) is 8.34. The minimum atomic E-state index is -0.0905. The topological polar surface area (TPSA) is 47.4 Å². The predicted octanol–water partition coefficient (Wildman–Crippen LogP) is 6.73. The normalized spacial score (nSPS) is 14.6. The molecular weight excluding hydrogens is 486 g/mol. The third-order valence-corrected chi connectivity index (χ3v) is 7.07. The van der Waals surface area contributed by atoms with Gasteiger partial charge in [0.1, 0.15) is 15.8 Å². The molecule has 2 heterocycles. The lowest BCUT2D eigenvalue weighted by Crippen LogP contribution is -2.27. The fraction of sp³-hybridized carbons (Fsp3) is 0.138. The van der Waals surface area contributed by atoms with Crippen LogP contribution in [-0.2, 0) is 11.3 Å². The molecule has 0 bridgehead atoms. The van der Waals surface area contributed by atoms with Crippen LogP contribution in [0.5, 0.6) is 5.75 Å². The first-order valence-corrected chi connectivity index (χ1v) is 13.0. The van der Waals surface area contributed by atoms with Gasteiger partial charge in [-0.2, -0.15) is 5.10 Å². The fourth-order valence-corrected chi connectivity index (χ4v) is 5.17. The SMILES string of the molecule is CCCOc1cccc(-c2nn(-c3ccccc3)cc2/C=C2\SC(=S)N(Cc3ccccc3)C2=O)c1. The lowest BCUT2D eigenvalue weighted by atomic mass is 10.1. The molecule has 1 amide bonds. The molecule has 7 heteroatoms. The minimum Gasteiger partial charge on any atom is -0.494 e. The molecule has 36 heavy (non-hydrogen) atoms. The quantitative estimate of drug-likeness (QED) is 0.194. The van der Waals surface area contributed by atoms with Gasteiger partial charge in [0.25, 0.3) is 5.91 Å². The average molecular weight is 512 g/mol. The van der Waals surface area contributed by atoms with E-state index in [0.29, 0.717) is 22.4 Å². The number of thioether (sulfide) groups is 1. The third-order valence-electron chi connectivity index (χ3n) is 5.69. The molecule has 0 radical (unpaired) electrons. The van der Waals surface area contributed by atoms with Crippen molar-refractivity contribution in [3.05, 3.63) is 107 Å². The first-order chi connectivity index (χ1) is 17.6. The standard InChI is InChI=1S/C29H25N3O2S2/c1-2-16-34-25-15-9-12-22(17-25)27-23(20-32(30-27)24-13-7-4-8-14-24)18-26-28(33)31(29(35)36-26)19-21-10-5-3-6-11-21/h3-15,17-18,20H,2,16,19H2,1H3/b26-18-. The summed E-state index contributed by atoms with van der Waals surface area (Å²) in [5.74, 6) is 0.705. The van der Waals surface area contributed by atoms with Crippen LogP contribution in [0, 0.1) is 0 Å². The van der Waals surface area contributed by atoms with Crippen molar-refractivity contribution in [1.29, 1.82) is 0 Å². The first-order valence-electron chi connectivity index (χ1n) is 11.8. The van der Waals surface area contributed by atoms with E-state index in [1.807, 2.05) is 102 Å². The molecule has 5 nitrogen and oxygen atoms in total. The Hall–Kier alpha value is -3.68. The Morgan fingerprint density at radius 1 is 1.00 bits per heavy atom. The number of benzene rings is 3. The Morgan fingerprint density at radius 3 is 2.50 bits per heavy atom. The molecule has 0 spiro atoms. The van der Waals surface area contributed by atoms with Gasteiger partial charge in [0.05, 0.1) is 23.7 Å². The van der Waals surface area contributed by atoms with Gasteiger partial charge in [0, 0.05) is 17.3 Å². The van der Waals surface area contributed by atoms with Gasteiger partial charge < -0.3 is 4.74 Å². The summed E-state index contributed by atoms with van der Waals surface area (Å²) in [4.78, 5) is 15.6. The number of hydrogen-bond donors (Lipinski definition) is 0. The summed E-state index contributed by atoms with van der Waals surface area (Å²) in [6.45, 7) is 3.19. The predicted molar refractivity (Wildman–Crippen MR) is 150 cm³/mol. The molecule has 1 aliphatic heterocycles. The highest BCUT2D eigenvalue weighted by Gasteiger charge is 2.32. The van der Waals surface area contributed by atoms with Crippen molar-refractivity contribution in [2.24, 2.45) is 0 Å². The van der Waals surface area contributed by atoms with E-state index in [1.165, 1.54) is 11.8 Å². The molecule has 0 aliphatic carbocycles. The van der Waals surface area contributed by atoms with E-state index < -0.39 is 0 Å². The van der Waals surface area contributed by atoms with Crippen LogP contribution >= 0.6 is 24.0 Å². The van der Waals surface area contributed by atoms with E-state index in [4.69, 9.17) is 22.1 Å². The molecule has 0 unspecified atom stereocenters. The van der Waals surface area contributed by atoms with Crippen LogP contribution in [0.25, 0.3) is 23.0 Å². The third kappa shape index (κ3) is 5.27. The van der Waals surface area contributed by atoms with Gasteiger partial charge in [-0.1, -0.05) is 91.6 Å². The summed E-state index contributed by atoms with van der Waals surface area (Å²) in [6, 6.07) is 27.7. The Kier molecular flexibility index (Phi) is 7.30. The zero-order valence-electron chi connectivity index (χ0n) is 19.8. The second kappa shape index (κ2) is 10.9. The maximum atomic E-state index is 13.3. The van der Waals surface area contributed by atoms with E-state index in [2.05, 4.69) is 6.92 Å². The zero-order valence-corrected chi connectivity index (χ0v) is 21.5. The van der Waals surface area contributed by atoms with Crippen LogP contribution in [0.3, 0.4) is 0 Å². The largest absolute Gasteiger partial charge is 0.494 e. The number of carbonyl (C=O) groups excluding carboxylic acids is 1. The Bertz CT molecular complexity index is 1410. The van der Waals surface area contributed by atoms with E-state index >= 15 is 0 Å². The number of amides is 1. The zero-order chi connectivity index (χ0) is 24.9. The van der Waals surface area contributed by atoms with Crippen molar-refractivity contribution < 1.29 is 9.53 Å². The van der Waals surface area contributed by atoms with Gasteiger partial charge in [-0.15, -0.1) is 0 Å². The van der Waals surface area contributed by atoms with Crippen LogP contribution < -0.4 is 4.74 Å². The number of aromatic nitrogens is 2. The van der Waals surface area contributed by atoms with E-state index in [1.54, 1.807) is 4.90 Å². The van der Waals surface area contributed by atoms with Crippen LogP contribution in [0.15, 0.2) is 96.0 Å². The monoisotopic (exact) mass is 511 g/mol. The Morgan fingerprint density at radius 2 is 1.75 bits per heavy atom. The van der Waals surface area contributed by atoms with E-state index in [-0.39, 0.29) is 5.91 Å². The Labute approximate surface area is 220 Å². The number of ether oxygens (including phenoxy) is 1. The van der Waals surface area contributed by atoms with Crippen LogP contribution in [-0.4, -0.2) is 31.5 Å².